The van der Waals surface area contributed by atoms with Crippen LogP contribution in [0.3, 0.4) is 0 Å². The summed E-state index contributed by atoms with van der Waals surface area (Å²) in [4.78, 5) is 17.9. The Hall–Kier alpha value is -3.46. The van der Waals surface area contributed by atoms with Gasteiger partial charge in [-0.1, -0.05) is 29.8 Å². The molecule has 0 radical (unpaired) electrons. The van der Waals surface area contributed by atoms with Gasteiger partial charge in [0.2, 0.25) is 0 Å². The van der Waals surface area contributed by atoms with Crippen LogP contribution in [0.1, 0.15) is 60.8 Å². The molecule has 0 amide bonds. The maximum absolute atomic E-state index is 13.1. The van der Waals surface area contributed by atoms with E-state index >= 15 is 0 Å². The molecule has 4 rings (SSSR count). The minimum absolute atomic E-state index is 0.0824. The number of hydrogen-bond acceptors (Lipinski definition) is 8. The molecule has 0 bridgehead atoms. The first kappa shape index (κ1) is 27.6. The number of nitrogens with two attached hydrogens (primary N) is 1. The van der Waals surface area contributed by atoms with Gasteiger partial charge >= 0.3 is 0 Å². The number of methoxy groups -OCH3 is 1. The number of ketones is 1. The number of rotatable bonds is 10. The number of ether oxygens (including phenoxy) is 3. The van der Waals surface area contributed by atoms with Gasteiger partial charge in [0.15, 0.2) is 23.0 Å². The van der Waals surface area contributed by atoms with E-state index in [4.69, 9.17) is 24.9 Å². The van der Waals surface area contributed by atoms with Crippen LogP contribution in [-0.2, 0) is 11.1 Å². The lowest BCUT2D eigenvalue weighted by Gasteiger charge is -2.25. The molecule has 3 unspecified atom stereocenters. The number of benzene rings is 2. The lowest BCUT2D eigenvalue weighted by atomic mass is 9.88. The average molecular weight is 521 g/mol. The van der Waals surface area contributed by atoms with Gasteiger partial charge in [-0.2, -0.15) is 0 Å². The number of carbonyl (C=O) groups excluding carboxylic acids is 1. The van der Waals surface area contributed by atoms with Crippen molar-refractivity contribution in [3.8, 4) is 28.5 Å². The molecule has 0 spiro atoms. The van der Waals surface area contributed by atoms with Gasteiger partial charge in [-0.25, -0.2) is 4.98 Å². The highest BCUT2D eigenvalue weighted by Gasteiger charge is 2.38. The van der Waals surface area contributed by atoms with E-state index in [0.717, 1.165) is 16.7 Å². The van der Waals surface area contributed by atoms with Gasteiger partial charge in [0, 0.05) is 23.1 Å². The molecule has 8 heteroatoms. The number of carbonyl (C=O) groups is 1. The maximum Gasteiger partial charge on any atom is 0.163 e. The van der Waals surface area contributed by atoms with Gasteiger partial charge in [-0.05, 0) is 58.4 Å². The van der Waals surface area contributed by atoms with E-state index in [1.807, 2.05) is 38.1 Å². The number of Topliss-reactive ketones (excluding diaryl/α,β-unsaturated/α-hetero) is 1. The van der Waals surface area contributed by atoms with Gasteiger partial charge in [0.05, 0.1) is 24.4 Å². The van der Waals surface area contributed by atoms with Crippen LogP contribution in [0.25, 0.3) is 11.3 Å². The van der Waals surface area contributed by atoms with Crippen molar-refractivity contribution in [2.45, 2.75) is 57.8 Å². The van der Waals surface area contributed by atoms with E-state index in [0.29, 0.717) is 40.8 Å². The molecular weight excluding hydrogens is 484 g/mol. The van der Waals surface area contributed by atoms with Crippen LogP contribution in [0.4, 0.5) is 0 Å². The molecule has 8 nitrogen and oxygen atoms in total. The van der Waals surface area contributed by atoms with E-state index in [2.05, 4.69) is 0 Å². The first-order valence-electron chi connectivity index (χ1n) is 12.7. The van der Waals surface area contributed by atoms with Gasteiger partial charge in [-0.15, -0.1) is 0 Å². The number of pyridine rings is 1. The fraction of sp³-hybridized carbons (Fsp3) is 0.400. The van der Waals surface area contributed by atoms with E-state index in [1.54, 1.807) is 38.1 Å². The molecule has 1 aliphatic heterocycles. The van der Waals surface area contributed by atoms with Gasteiger partial charge < -0.3 is 30.2 Å². The summed E-state index contributed by atoms with van der Waals surface area (Å²) in [5.41, 5.74) is 8.65. The predicted molar refractivity (Wildman–Crippen MR) is 145 cm³/mol. The van der Waals surface area contributed by atoms with Crippen molar-refractivity contribution in [3.63, 3.8) is 0 Å². The number of aliphatic hydroxyl groups is 2. The number of aryl methyl sites for hydroxylation is 1. The molecule has 0 fully saturated rings. The third-order valence-corrected chi connectivity index (χ3v) is 6.79. The van der Waals surface area contributed by atoms with Crippen LogP contribution in [0, 0.1) is 6.92 Å². The second-order valence-electron chi connectivity index (χ2n) is 10.5. The third-order valence-electron chi connectivity index (χ3n) is 6.79. The fourth-order valence-electron chi connectivity index (χ4n) is 4.39. The Morgan fingerprint density at radius 3 is 2.58 bits per heavy atom. The molecule has 2 aromatic carbocycles. The first-order chi connectivity index (χ1) is 17.9. The highest BCUT2D eigenvalue weighted by atomic mass is 16.5. The average Bonchev–Trinajstić information content (AvgIpc) is 3.20. The summed E-state index contributed by atoms with van der Waals surface area (Å²) in [5, 5.41) is 21.0. The quantitative estimate of drug-likeness (QED) is 0.339. The van der Waals surface area contributed by atoms with Crippen molar-refractivity contribution in [2.75, 3.05) is 20.3 Å². The summed E-state index contributed by atoms with van der Waals surface area (Å²) in [6, 6.07) is 14.6. The summed E-state index contributed by atoms with van der Waals surface area (Å²) >= 11 is 0. The second-order valence-corrected chi connectivity index (χ2v) is 10.5. The molecule has 2 heterocycles. The first-order valence-corrected chi connectivity index (χ1v) is 12.7. The summed E-state index contributed by atoms with van der Waals surface area (Å²) in [7, 11) is 1.49. The molecule has 38 heavy (non-hydrogen) atoms. The minimum Gasteiger partial charge on any atom is -0.493 e. The smallest absolute Gasteiger partial charge is 0.163 e. The number of hydrogen-bond donors (Lipinski definition) is 3. The SMILES string of the molecule is COc1cc(C(=O)CCC(C)(O)c2cc3c(c(-c4ccc(C)cc4)n2)OCC3(C)N)ccc1OCC(C)O. The topological polar surface area (TPSA) is 124 Å². The summed E-state index contributed by atoms with van der Waals surface area (Å²) in [6.07, 6.45) is -0.402. The summed E-state index contributed by atoms with van der Waals surface area (Å²) in [6.45, 7) is 7.60. The lowest BCUT2D eigenvalue weighted by molar-refractivity contribution is 0.0396. The zero-order chi connectivity index (χ0) is 27.7. The number of aliphatic hydroxyl groups excluding tert-OH is 1. The van der Waals surface area contributed by atoms with Crippen molar-refractivity contribution in [1.29, 1.82) is 0 Å². The molecule has 4 N–H and O–H groups in total. The number of nitrogens with zero attached hydrogens (tertiary/aromatic N) is 1. The number of fused-ring (bicyclic) bond motifs is 1. The van der Waals surface area contributed by atoms with Gasteiger partial charge in [0.1, 0.15) is 24.5 Å². The minimum atomic E-state index is -1.40. The third kappa shape index (κ3) is 5.83. The summed E-state index contributed by atoms with van der Waals surface area (Å²) in [5.74, 6) is 1.31. The monoisotopic (exact) mass is 520 g/mol. The predicted octanol–water partition coefficient (Wildman–Crippen LogP) is 4.26. The van der Waals surface area contributed by atoms with Gasteiger partial charge in [-0.3, -0.25) is 4.79 Å². The van der Waals surface area contributed by atoms with Crippen LogP contribution in [-0.4, -0.2) is 47.4 Å². The highest BCUT2D eigenvalue weighted by molar-refractivity contribution is 5.96. The molecule has 3 atom stereocenters. The van der Waals surface area contributed by atoms with E-state index in [1.165, 1.54) is 7.11 Å². The molecule has 3 aromatic rings. The zero-order valence-corrected chi connectivity index (χ0v) is 22.6. The highest BCUT2D eigenvalue weighted by Crippen LogP contribution is 2.44. The van der Waals surface area contributed by atoms with Crippen molar-refractivity contribution < 1.29 is 29.2 Å². The van der Waals surface area contributed by atoms with Crippen molar-refractivity contribution in [1.82, 2.24) is 4.98 Å². The zero-order valence-electron chi connectivity index (χ0n) is 22.6. The molecule has 202 valence electrons. The molecule has 1 aromatic heterocycles. The van der Waals surface area contributed by atoms with Crippen molar-refractivity contribution >= 4 is 5.78 Å². The number of aromatic nitrogens is 1. The van der Waals surface area contributed by atoms with Crippen LogP contribution >= 0.6 is 0 Å². The Bertz CT molecular complexity index is 1320. The second kappa shape index (κ2) is 10.7. The molecule has 1 aliphatic rings. The van der Waals surface area contributed by atoms with Crippen molar-refractivity contribution in [2.24, 2.45) is 5.73 Å². The molecule has 0 aliphatic carbocycles. The molecule has 0 saturated heterocycles. The standard InChI is InChI=1S/C30H36N2O6/c1-18-6-8-20(9-7-18)27-28-22(29(3,31)17-38-28)15-26(32-27)30(4,35)13-12-23(34)21-10-11-24(25(14-21)36-5)37-16-19(2)33/h6-11,14-15,19,33,35H,12-13,16-17,31H2,1-5H3. The van der Waals surface area contributed by atoms with E-state index in [9.17, 15) is 15.0 Å². The Morgan fingerprint density at radius 1 is 1.21 bits per heavy atom. The Kier molecular flexibility index (Phi) is 7.78. The van der Waals surface area contributed by atoms with Crippen LogP contribution in [0.15, 0.2) is 48.5 Å². The van der Waals surface area contributed by atoms with Crippen LogP contribution < -0.4 is 19.9 Å². The lowest BCUT2D eigenvalue weighted by Crippen LogP contribution is -2.35. The normalized spacial score (nSPS) is 18.7. The Morgan fingerprint density at radius 2 is 1.92 bits per heavy atom. The molecular formula is C30H36N2O6. The van der Waals surface area contributed by atoms with Crippen molar-refractivity contribution in [3.05, 3.63) is 70.9 Å². The maximum atomic E-state index is 13.1. The van der Waals surface area contributed by atoms with Gasteiger partial charge in [0.25, 0.3) is 0 Å². The Labute approximate surface area is 223 Å². The van der Waals surface area contributed by atoms with E-state index in [-0.39, 0.29) is 25.2 Å². The Balaban J connectivity index is 1.58. The molecule has 0 saturated carbocycles. The largest absolute Gasteiger partial charge is 0.493 e. The van der Waals surface area contributed by atoms with E-state index < -0.39 is 17.2 Å². The summed E-state index contributed by atoms with van der Waals surface area (Å²) < 4.78 is 16.9. The van der Waals surface area contributed by atoms with Crippen LogP contribution in [0.5, 0.6) is 17.2 Å². The van der Waals surface area contributed by atoms with Crippen LogP contribution in [0.2, 0.25) is 0 Å². The fourth-order valence-corrected chi connectivity index (χ4v) is 4.39.